The van der Waals surface area contributed by atoms with Gasteiger partial charge in [0.15, 0.2) is 0 Å². The zero-order chi connectivity index (χ0) is 17.9. The molecule has 2 unspecified atom stereocenters. The minimum Gasteiger partial charge on any atom is -0.496 e. The maximum absolute atomic E-state index is 12.7. The smallest absolute Gasteiger partial charge is 0.306 e. The van der Waals surface area contributed by atoms with Crippen LogP contribution in [-0.2, 0) is 16.1 Å². The Morgan fingerprint density at radius 3 is 2.33 bits per heavy atom. The van der Waals surface area contributed by atoms with Gasteiger partial charge in [-0.2, -0.15) is 0 Å². The molecule has 0 heterocycles. The van der Waals surface area contributed by atoms with E-state index in [1.54, 1.807) is 19.1 Å². The lowest BCUT2D eigenvalue weighted by molar-refractivity contribution is -0.145. The predicted octanol–water partition coefficient (Wildman–Crippen LogP) is 3.16. The van der Waals surface area contributed by atoms with Crippen LogP contribution in [0.1, 0.15) is 42.4 Å². The van der Waals surface area contributed by atoms with Crippen molar-refractivity contribution in [3.63, 3.8) is 0 Å². The van der Waals surface area contributed by atoms with Gasteiger partial charge in [-0.3, -0.25) is 9.59 Å². The van der Waals surface area contributed by atoms with Crippen LogP contribution in [0, 0.1) is 25.7 Å². The maximum Gasteiger partial charge on any atom is 0.306 e. The number of carboxylic acid groups (broad SMARTS) is 1. The quantitative estimate of drug-likeness (QED) is 0.899. The fourth-order valence-electron chi connectivity index (χ4n) is 3.76. The van der Waals surface area contributed by atoms with Gasteiger partial charge in [0.05, 0.1) is 13.0 Å². The molecule has 0 aromatic heterocycles. The number of benzene rings is 1. The number of hydrogen-bond acceptors (Lipinski definition) is 3. The highest BCUT2D eigenvalue weighted by atomic mass is 16.5. The molecule has 2 rings (SSSR count). The monoisotopic (exact) mass is 333 g/mol. The summed E-state index contributed by atoms with van der Waals surface area (Å²) in [7, 11) is 3.45. The molecule has 5 heteroatoms. The van der Waals surface area contributed by atoms with Crippen LogP contribution in [-0.4, -0.2) is 36.0 Å². The largest absolute Gasteiger partial charge is 0.496 e. The molecule has 0 saturated heterocycles. The fraction of sp³-hybridized carbons (Fsp3) is 0.579. The zero-order valence-corrected chi connectivity index (χ0v) is 15.0. The lowest BCUT2D eigenvalue weighted by Gasteiger charge is -2.29. The van der Waals surface area contributed by atoms with E-state index in [0.29, 0.717) is 19.4 Å². The first kappa shape index (κ1) is 18.3. The molecule has 1 aliphatic rings. The van der Waals surface area contributed by atoms with Crippen molar-refractivity contribution < 1.29 is 19.4 Å². The van der Waals surface area contributed by atoms with Crippen molar-refractivity contribution in [3.05, 3.63) is 28.8 Å². The first-order valence-electron chi connectivity index (χ1n) is 8.45. The molecule has 1 aromatic rings. The van der Waals surface area contributed by atoms with Crippen LogP contribution >= 0.6 is 0 Å². The van der Waals surface area contributed by atoms with Crippen LogP contribution in [0.2, 0.25) is 0 Å². The van der Waals surface area contributed by atoms with Crippen LogP contribution < -0.4 is 4.74 Å². The average molecular weight is 333 g/mol. The Bertz CT molecular complexity index is 603. The number of aliphatic carboxylic acids is 1. The van der Waals surface area contributed by atoms with E-state index in [2.05, 4.69) is 0 Å². The van der Waals surface area contributed by atoms with E-state index >= 15 is 0 Å². The van der Waals surface area contributed by atoms with Gasteiger partial charge in [0, 0.05) is 19.5 Å². The number of amides is 1. The molecule has 0 radical (unpaired) electrons. The fourth-order valence-corrected chi connectivity index (χ4v) is 3.76. The van der Waals surface area contributed by atoms with Gasteiger partial charge >= 0.3 is 5.97 Å². The number of hydrogen-bond donors (Lipinski definition) is 1. The number of rotatable bonds is 5. The Morgan fingerprint density at radius 1 is 1.21 bits per heavy atom. The summed E-state index contributed by atoms with van der Waals surface area (Å²) in [5.41, 5.74) is 3.17. The maximum atomic E-state index is 12.7. The molecule has 24 heavy (non-hydrogen) atoms. The minimum absolute atomic E-state index is 0.0482. The third kappa shape index (κ3) is 4.08. The van der Waals surface area contributed by atoms with Crippen LogP contribution in [0.5, 0.6) is 5.75 Å². The Kier molecular flexibility index (Phi) is 5.86. The molecule has 0 spiro atoms. The molecule has 0 aliphatic heterocycles. The summed E-state index contributed by atoms with van der Waals surface area (Å²) in [6.45, 7) is 4.52. The van der Waals surface area contributed by atoms with Crippen molar-refractivity contribution in [2.75, 3.05) is 14.2 Å². The van der Waals surface area contributed by atoms with Crippen molar-refractivity contribution in [2.24, 2.45) is 11.8 Å². The second-order valence-electron chi connectivity index (χ2n) is 6.86. The van der Waals surface area contributed by atoms with Crippen molar-refractivity contribution >= 4 is 11.9 Å². The number of nitrogens with zero attached hydrogens (tertiary/aromatic N) is 1. The number of carbonyl (C=O) groups is 2. The number of carbonyl (C=O) groups excluding carboxylic acids is 1. The lowest BCUT2D eigenvalue weighted by atomic mass is 9.81. The van der Waals surface area contributed by atoms with Crippen LogP contribution in [0.15, 0.2) is 12.1 Å². The summed E-state index contributed by atoms with van der Waals surface area (Å²) >= 11 is 0. The van der Waals surface area contributed by atoms with Gasteiger partial charge < -0.3 is 14.7 Å². The number of methoxy groups -OCH3 is 1. The molecule has 1 saturated carbocycles. The van der Waals surface area contributed by atoms with Crippen LogP contribution in [0.25, 0.3) is 0 Å². The predicted molar refractivity (Wildman–Crippen MR) is 92.0 cm³/mol. The van der Waals surface area contributed by atoms with Crippen molar-refractivity contribution in [1.29, 1.82) is 0 Å². The molecule has 1 aromatic carbocycles. The van der Waals surface area contributed by atoms with E-state index in [-0.39, 0.29) is 17.7 Å². The average Bonchev–Trinajstić information content (AvgIpc) is 2.54. The highest BCUT2D eigenvalue weighted by Gasteiger charge is 2.32. The Hall–Kier alpha value is -2.04. The zero-order valence-electron chi connectivity index (χ0n) is 15.0. The highest BCUT2D eigenvalue weighted by molar-refractivity contribution is 5.80. The molecule has 132 valence electrons. The Balaban J connectivity index is 2.05. The number of aryl methyl sites for hydroxylation is 2. The molecule has 0 bridgehead atoms. The van der Waals surface area contributed by atoms with E-state index in [0.717, 1.165) is 35.3 Å². The Morgan fingerprint density at radius 2 is 1.79 bits per heavy atom. The third-order valence-corrected chi connectivity index (χ3v) is 4.89. The second-order valence-corrected chi connectivity index (χ2v) is 6.86. The second kappa shape index (κ2) is 7.69. The van der Waals surface area contributed by atoms with Crippen LogP contribution in [0.4, 0.5) is 0 Å². The van der Waals surface area contributed by atoms with Gasteiger partial charge in [0.1, 0.15) is 5.75 Å². The van der Waals surface area contributed by atoms with E-state index in [1.807, 2.05) is 26.0 Å². The Labute approximate surface area is 143 Å². The molecule has 1 N–H and O–H groups in total. The van der Waals surface area contributed by atoms with Gasteiger partial charge in [-0.15, -0.1) is 0 Å². The van der Waals surface area contributed by atoms with E-state index in [1.165, 1.54) is 0 Å². The summed E-state index contributed by atoms with van der Waals surface area (Å²) in [5.74, 6) is -0.412. The normalized spacial score (nSPS) is 20.5. The minimum atomic E-state index is -0.781. The summed E-state index contributed by atoms with van der Waals surface area (Å²) in [4.78, 5) is 25.6. The van der Waals surface area contributed by atoms with Crippen molar-refractivity contribution in [2.45, 2.75) is 46.1 Å². The molecule has 1 aliphatic carbocycles. The van der Waals surface area contributed by atoms with Gasteiger partial charge in [-0.05, 0) is 49.8 Å². The van der Waals surface area contributed by atoms with E-state index < -0.39 is 5.97 Å². The molecular weight excluding hydrogens is 306 g/mol. The topological polar surface area (TPSA) is 66.8 Å². The van der Waals surface area contributed by atoms with Crippen molar-refractivity contribution in [3.8, 4) is 5.75 Å². The van der Waals surface area contributed by atoms with E-state index in [4.69, 9.17) is 4.74 Å². The van der Waals surface area contributed by atoms with Gasteiger partial charge in [0.25, 0.3) is 0 Å². The van der Waals surface area contributed by atoms with Gasteiger partial charge in [-0.25, -0.2) is 0 Å². The summed E-state index contributed by atoms with van der Waals surface area (Å²) in [6.07, 6.45) is 2.73. The third-order valence-electron chi connectivity index (χ3n) is 4.89. The molecule has 1 fully saturated rings. The highest BCUT2D eigenvalue weighted by Crippen LogP contribution is 2.31. The van der Waals surface area contributed by atoms with Gasteiger partial charge in [0.2, 0.25) is 5.91 Å². The molecule has 1 amide bonds. The SMILES string of the molecule is COc1c(C)cc(CN(C)C(=O)C2CCCC(C(=O)O)C2)cc1C. The molecule has 5 nitrogen and oxygen atoms in total. The summed E-state index contributed by atoms with van der Waals surface area (Å²) in [5, 5.41) is 9.19. The molecular formula is C19H27NO4. The summed E-state index contributed by atoms with van der Waals surface area (Å²) in [6, 6.07) is 4.08. The lowest BCUT2D eigenvalue weighted by Crippen LogP contribution is -2.36. The number of carboxylic acids is 1. The summed E-state index contributed by atoms with van der Waals surface area (Å²) < 4.78 is 5.38. The van der Waals surface area contributed by atoms with Crippen LogP contribution in [0.3, 0.4) is 0 Å². The number of ether oxygens (including phenoxy) is 1. The molecule has 2 atom stereocenters. The first-order valence-corrected chi connectivity index (χ1v) is 8.45. The van der Waals surface area contributed by atoms with E-state index in [9.17, 15) is 14.7 Å². The van der Waals surface area contributed by atoms with Crippen molar-refractivity contribution in [1.82, 2.24) is 4.90 Å². The first-order chi connectivity index (χ1) is 11.3. The van der Waals surface area contributed by atoms with Gasteiger partial charge in [-0.1, -0.05) is 18.6 Å². The standard InChI is InChI=1S/C19H27NO4/c1-12-8-14(9-13(2)17(12)24-4)11-20(3)18(21)15-6-5-7-16(10-15)19(22)23/h8-9,15-16H,5-7,10-11H2,1-4H3,(H,22,23).